The van der Waals surface area contributed by atoms with E-state index in [4.69, 9.17) is 9.47 Å². The molecule has 1 aromatic rings. The smallest absolute Gasteiger partial charge is 0.434 e. The Morgan fingerprint density at radius 2 is 1.72 bits per heavy atom. The van der Waals surface area contributed by atoms with Gasteiger partial charge in [0.05, 0.1) is 6.61 Å². The molecule has 0 spiro atoms. The molecule has 174 valence electrons. The highest BCUT2D eigenvalue weighted by atomic mass is 16.7. The zero-order chi connectivity index (χ0) is 22.8. The zero-order valence-corrected chi connectivity index (χ0v) is 18.9. The molecule has 32 heavy (non-hydrogen) atoms. The minimum Gasteiger partial charge on any atom is -0.434 e. The van der Waals surface area contributed by atoms with Crippen LogP contribution < -0.4 is 10.1 Å². The van der Waals surface area contributed by atoms with Gasteiger partial charge in [0.25, 0.3) is 5.91 Å². The first kappa shape index (κ1) is 23.8. The topological polar surface area (TPSA) is 84.9 Å². The summed E-state index contributed by atoms with van der Waals surface area (Å²) in [6.45, 7) is 3.92. The lowest BCUT2D eigenvalue weighted by Crippen LogP contribution is -2.41. The molecule has 0 unspecified atom stereocenters. The van der Waals surface area contributed by atoms with Gasteiger partial charge in [-0.3, -0.25) is 9.59 Å². The van der Waals surface area contributed by atoms with Gasteiger partial charge in [-0.2, -0.15) is 0 Å². The van der Waals surface area contributed by atoms with Gasteiger partial charge in [0, 0.05) is 25.2 Å². The van der Waals surface area contributed by atoms with Gasteiger partial charge in [-0.1, -0.05) is 25.3 Å². The third-order valence-corrected chi connectivity index (χ3v) is 6.20. The van der Waals surface area contributed by atoms with Crippen molar-refractivity contribution in [1.82, 2.24) is 10.2 Å². The van der Waals surface area contributed by atoms with Crippen molar-refractivity contribution in [2.45, 2.75) is 51.9 Å². The molecule has 2 fully saturated rings. The predicted octanol–water partition coefficient (Wildman–Crippen LogP) is 4.33. The second kappa shape index (κ2) is 12.3. The van der Waals surface area contributed by atoms with Crippen molar-refractivity contribution < 1.29 is 23.9 Å². The molecule has 3 rings (SSSR count). The van der Waals surface area contributed by atoms with E-state index in [0.717, 1.165) is 12.8 Å². The molecule has 0 aromatic heterocycles. The van der Waals surface area contributed by atoms with Crippen molar-refractivity contribution >= 4 is 18.0 Å². The molecule has 7 heteroatoms. The summed E-state index contributed by atoms with van der Waals surface area (Å²) >= 11 is 0. The van der Waals surface area contributed by atoms with E-state index in [1.54, 1.807) is 37.3 Å². The highest BCUT2D eigenvalue weighted by Gasteiger charge is 2.24. The van der Waals surface area contributed by atoms with Crippen LogP contribution in [0.5, 0.6) is 5.75 Å². The maximum absolute atomic E-state index is 12.8. The number of ether oxygens (including phenoxy) is 2. The van der Waals surface area contributed by atoms with E-state index in [9.17, 15) is 14.4 Å². The lowest BCUT2D eigenvalue weighted by molar-refractivity contribution is -0.116. The number of carbonyl (C=O) groups excluding carboxylic acids is 3. The average molecular weight is 443 g/mol. The van der Waals surface area contributed by atoms with Gasteiger partial charge in [-0.25, -0.2) is 4.79 Å². The number of piperidine rings is 1. The van der Waals surface area contributed by atoms with Gasteiger partial charge in [0.1, 0.15) is 5.75 Å². The quantitative estimate of drug-likeness (QED) is 0.386. The Hall–Kier alpha value is -2.83. The van der Waals surface area contributed by atoms with E-state index in [-0.39, 0.29) is 18.4 Å². The molecule has 0 radical (unpaired) electrons. The highest BCUT2D eigenvalue weighted by molar-refractivity contribution is 5.94. The molecule has 1 aromatic carbocycles. The van der Waals surface area contributed by atoms with Crippen LogP contribution in [0.3, 0.4) is 0 Å². The minimum atomic E-state index is -0.759. The number of likely N-dealkylation sites (tertiary alicyclic amines) is 1. The number of carbonyl (C=O) groups is 3. The van der Waals surface area contributed by atoms with Crippen LogP contribution in [0, 0.1) is 11.8 Å². The number of benzene rings is 1. The van der Waals surface area contributed by atoms with Crippen LogP contribution in [0.15, 0.2) is 36.4 Å². The molecular weight excluding hydrogens is 408 g/mol. The number of nitrogens with one attached hydrogen (secondary N) is 1. The molecule has 2 amide bonds. The minimum absolute atomic E-state index is 0.0146. The van der Waals surface area contributed by atoms with Gasteiger partial charge in [-0.05, 0) is 74.8 Å². The molecule has 1 saturated carbocycles. The summed E-state index contributed by atoms with van der Waals surface area (Å²) in [5.41, 5.74) is 0.556. The Morgan fingerprint density at radius 3 is 2.38 bits per heavy atom. The zero-order valence-electron chi connectivity index (χ0n) is 18.9. The third-order valence-electron chi connectivity index (χ3n) is 6.20. The number of rotatable bonds is 7. The van der Waals surface area contributed by atoms with Crippen molar-refractivity contribution in [2.24, 2.45) is 11.8 Å². The molecule has 0 atom stereocenters. The SMILES string of the molecule is CCOC(=O)Oc1ccc(C(=O)N2CCC(CNC(=O)/C=C/C3CCCCC3)CC2)cc1. The monoisotopic (exact) mass is 442 g/mol. The molecule has 0 bridgehead atoms. The third kappa shape index (κ3) is 7.39. The lowest BCUT2D eigenvalue weighted by atomic mass is 9.89. The fourth-order valence-electron chi connectivity index (χ4n) is 4.29. The van der Waals surface area contributed by atoms with E-state index < -0.39 is 6.16 Å². The maximum Gasteiger partial charge on any atom is 0.513 e. The van der Waals surface area contributed by atoms with Crippen LogP contribution in [0.1, 0.15) is 62.2 Å². The Labute approximate surface area is 190 Å². The van der Waals surface area contributed by atoms with Crippen LogP contribution in [0.4, 0.5) is 4.79 Å². The van der Waals surface area contributed by atoms with E-state index in [1.165, 1.54) is 32.1 Å². The van der Waals surface area contributed by atoms with Crippen molar-refractivity contribution in [3.05, 3.63) is 42.0 Å². The number of allylic oxidation sites excluding steroid dienone is 1. The van der Waals surface area contributed by atoms with Crippen molar-refractivity contribution in [3.63, 3.8) is 0 Å². The fraction of sp³-hybridized carbons (Fsp3) is 0.560. The second-order valence-corrected chi connectivity index (χ2v) is 8.55. The van der Waals surface area contributed by atoms with Crippen LogP contribution in [0.2, 0.25) is 0 Å². The largest absolute Gasteiger partial charge is 0.513 e. The first-order valence-electron chi connectivity index (χ1n) is 11.7. The van der Waals surface area contributed by atoms with E-state index in [1.807, 2.05) is 4.90 Å². The summed E-state index contributed by atoms with van der Waals surface area (Å²) in [5.74, 6) is 1.22. The number of hydrogen-bond donors (Lipinski definition) is 1. The van der Waals surface area contributed by atoms with Crippen LogP contribution in [-0.2, 0) is 9.53 Å². The molecule has 1 aliphatic heterocycles. The summed E-state index contributed by atoms with van der Waals surface area (Å²) in [6.07, 6.45) is 11.0. The standard InChI is InChI=1S/C25H34N2O5/c1-2-31-25(30)32-22-11-9-21(10-12-22)24(29)27-16-14-20(15-17-27)18-26-23(28)13-8-19-6-4-3-5-7-19/h8-13,19-20H,2-7,14-18H2,1H3,(H,26,28)/b13-8+. The Kier molecular flexibility index (Phi) is 9.13. The first-order valence-corrected chi connectivity index (χ1v) is 11.7. The fourth-order valence-corrected chi connectivity index (χ4v) is 4.29. The van der Waals surface area contributed by atoms with Gasteiger partial charge >= 0.3 is 6.16 Å². The Balaban J connectivity index is 1.38. The highest BCUT2D eigenvalue weighted by Crippen LogP contribution is 2.24. The average Bonchev–Trinajstić information content (AvgIpc) is 2.82. The molecule has 1 aliphatic carbocycles. The summed E-state index contributed by atoms with van der Waals surface area (Å²) in [4.78, 5) is 38.1. The number of amides is 2. The Morgan fingerprint density at radius 1 is 1.03 bits per heavy atom. The first-order chi connectivity index (χ1) is 15.5. The number of hydrogen-bond acceptors (Lipinski definition) is 5. The van der Waals surface area contributed by atoms with Crippen LogP contribution in [-0.4, -0.2) is 49.1 Å². The molecule has 1 N–H and O–H groups in total. The van der Waals surface area contributed by atoms with Crippen LogP contribution >= 0.6 is 0 Å². The molecule has 2 aliphatic rings. The van der Waals surface area contributed by atoms with E-state index in [2.05, 4.69) is 11.4 Å². The number of nitrogens with zero attached hydrogens (tertiary/aromatic N) is 1. The molecular formula is C25H34N2O5. The normalized spacial score (nSPS) is 17.8. The molecule has 7 nitrogen and oxygen atoms in total. The Bertz CT molecular complexity index is 791. The molecule has 1 heterocycles. The van der Waals surface area contributed by atoms with Crippen molar-refractivity contribution in [2.75, 3.05) is 26.2 Å². The lowest BCUT2D eigenvalue weighted by Gasteiger charge is -2.32. The van der Waals surface area contributed by atoms with Gasteiger partial charge < -0.3 is 19.7 Å². The van der Waals surface area contributed by atoms with Crippen molar-refractivity contribution in [3.8, 4) is 5.75 Å². The maximum atomic E-state index is 12.8. The summed E-state index contributed by atoms with van der Waals surface area (Å²) < 4.78 is 9.76. The second-order valence-electron chi connectivity index (χ2n) is 8.55. The molecule has 1 saturated heterocycles. The van der Waals surface area contributed by atoms with Crippen LogP contribution in [0.25, 0.3) is 0 Å². The van der Waals surface area contributed by atoms with Gasteiger partial charge in [0.2, 0.25) is 5.91 Å². The van der Waals surface area contributed by atoms with E-state index >= 15 is 0 Å². The van der Waals surface area contributed by atoms with E-state index in [0.29, 0.717) is 42.8 Å². The van der Waals surface area contributed by atoms with Gasteiger partial charge in [0.15, 0.2) is 0 Å². The summed E-state index contributed by atoms with van der Waals surface area (Å²) in [7, 11) is 0. The summed E-state index contributed by atoms with van der Waals surface area (Å²) in [5, 5.41) is 3.02. The predicted molar refractivity (Wildman–Crippen MR) is 121 cm³/mol. The van der Waals surface area contributed by atoms with Crippen molar-refractivity contribution in [1.29, 1.82) is 0 Å². The van der Waals surface area contributed by atoms with Gasteiger partial charge in [-0.15, -0.1) is 0 Å². The summed E-state index contributed by atoms with van der Waals surface area (Å²) in [6, 6.07) is 6.49.